The fourth-order valence-electron chi connectivity index (χ4n) is 2.58. The van der Waals surface area contributed by atoms with Crippen LogP contribution in [0.1, 0.15) is 12.0 Å². The average molecular weight is 322 g/mol. The second-order valence-electron chi connectivity index (χ2n) is 5.60. The molecule has 1 aliphatic heterocycles. The Morgan fingerprint density at radius 1 is 1.35 bits per heavy atom. The molecule has 0 saturated carbocycles. The number of hydrogen-bond donors (Lipinski definition) is 1. The van der Waals surface area contributed by atoms with E-state index in [2.05, 4.69) is 9.64 Å². The molecule has 0 bridgehead atoms. The van der Waals surface area contributed by atoms with Gasteiger partial charge in [-0.05, 0) is 18.1 Å². The molecule has 1 unspecified atom stereocenters. The van der Waals surface area contributed by atoms with Crippen LogP contribution in [0, 0.1) is 0 Å². The molecule has 0 aliphatic carbocycles. The molecule has 1 fully saturated rings. The Bertz CT molecular complexity index is 489. The van der Waals surface area contributed by atoms with E-state index in [0.29, 0.717) is 13.0 Å². The van der Waals surface area contributed by atoms with Gasteiger partial charge in [0.15, 0.2) is 0 Å². The third-order valence-corrected chi connectivity index (χ3v) is 3.90. The zero-order valence-electron chi connectivity index (χ0n) is 13.7. The Morgan fingerprint density at radius 2 is 2.09 bits per heavy atom. The van der Waals surface area contributed by atoms with Crippen molar-refractivity contribution in [2.75, 3.05) is 46.6 Å². The highest BCUT2D eigenvalue weighted by Gasteiger charge is 2.16. The van der Waals surface area contributed by atoms with Crippen molar-refractivity contribution in [2.24, 2.45) is 5.73 Å². The van der Waals surface area contributed by atoms with Crippen LogP contribution in [-0.4, -0.2) is 63.5 Å². The van der Waals surface area contributed by atoms with E-state index in [9.17, 15) is 4.79 Å². The minimum Gasteiger partial charge on any atom is -0.493 e. The summed E-state index contributed by atoms with van der Waals surface area (Å²) in [4.78, 5) is 13.8. The molecule has 2 rings (SSSR count). The maximum absolute atomic E-state index is 11.5. The standard InChI is InChI=1S/C17H26N2O4/c1-21-17(20)15(18)13-14-5-2-3-6-16(14)23-10-4-7-19-8-11-22-12-9-19/h2-3,5-6,15H,4,7-13,18H2,1H3. The zero-order chi connectivity index (χ0) is 16.5. The minimum atomic E-state index is -0.668. The van der Waals surface area contributed by atoms with Crippen LogP contribution in [0.25, 0.3) is 0 Å². The van der Waals surface area contributed by atoms with E-state index in [4.69, 9.17) is 15.2 Å². The monoisotopic (exact) mass is 322 g/mol. The molecule has 0 amide bonds. The van der Waals surface area contributed by atoms with Gasteiger partial charge in [0, 0.05) is 26.1 Å². The van der Waals surface area contributed by atoms with Gasteiger partial charge in [-0.2, -0.15) is 0 Å². The predicted molar refractivity (Wildman–Crippen MR) is 87.5 cm³/mol. The first-order valence-electron chi connectivity index (χ1n) is 8.05. The summed E-state index contributed by atoms with van der Waals surface area (Å²) < 4.78 is 15.9. The number of carbonyl (C=O) groups excluding carboxylic acids is 1. The number of hydrogen-bond acceptors (Lipinski definition) is 6. The molecule has 0 radical (unpaired) electrons. The van der Waals surface area contributed by atoms with Gasteiger partial charge in [-0.1, -0.05) is 18.2 Å². The number of nitrogens with zero attached hydrogens (tertiary/aromatic N) is 1. The quantitative estimate of drug-likeness (QED) is 0.564. The largest absolute Gasteiger partial charge is 0.493 e. The van der Waals surface area contributed by atoms with Gasteiger partial charge >= 0.3 is 5.97 Å². The number of benzene rings is 1. The van der Waals surface area contributed by atoms with Gasteiger partial charge in [-0.15, -0.1) is 0 Å². The van der Waals surface area contributed by atoms with Crippen LogP contribution < -0.4 is 10.5 Å². The molecule has 6 heteroatoms. The van der Waals surface area contributed by atoms with Gasteiger partial charge < -0.3 is 19.9 Å². The predicted octanol–water partition coefficient (Wildman–Crippen LogP) is 0.830. The van der Waals surface area contributed by atoms with Gasteiger partial charge in [0.2, 0.25) is 0 Å². The average Bonchev–Trinajstić information content (AvgIpc) is 2.60. The normalized spacial score (nSPS) is 16.8. The first-order valence-corrected chi connectivity index (χ1v) is 8.05. The van der Waals surface area contributed by atoms with E-state index in [0.717, 1.165) is 50.6 Å². The zero-order valence-corrected chi connectivity index (χ0v) is 13.7. The lowest BCUT2D eigenvalue weighted by Gasteiger charge is -2.26. The van der Waals surface area contributed by atoms with Crippen molar-refractivity contribution in [3.05, 3.63) is 29.8 Å². The van der Waals surface area contributed by atoms with Crippen LogP contribution in [-0.2, 0) is 20.7 Å². The molecule has 128 valence electrons. The summed E-state index contributed by atoms with van der Waals surface area (Å²) in [6.07, 6.45) is 1.36. The van der Waals surface area contributed by atoms with E-state index in [1.807, 2.05) is 24.3 Å². The highest BCUT2D eigenvalue weighted by molar-refractivity contribution is 5.75. The highest BCUT2D eigenvalue weighted by Crippen LogP contribution is 2.19. The molecule has 2 N–H and O–H groups in total. The van der Waals surface area contributed by atoms with E-state index in [1.165, 1.54) is 7.11 Å². The number of rotatable bonds is 8. The maximum Gasteiger partial charge on any atom is 0.322 e. The lowest BCUT2D eigenvalue weighted by Crippen LogP contribution is -2.37. The van der Waals surface area contributed by atoms with Gasteiger partial charge in [0.05, 0.1) is 26.9 Å². The molecular formula is C17H26N2O4. The van der Waals surface area contributed by atoms with Gasteiger partial charge in [-0.3, -0.25) is 9.69 Å². The summed E-state index contributed by atoms with van der Waals surface area (Å²) >= 11 is 0. The maximum atomic E-state index is 11.5. The smallest absolute Gasteiger partial charge is 0.322 e. The number of para-hydroxylation sites is 1. The summed E-state index contributed by atoms with van der Waals surface area (Å²) in [6.45, 7) is 5.26. The molecule has 23 heavy (non-hydrogen) atoms. The third-order valence-electron chi connectivity index (χ3n) is 3.90. The second-order valence-corrected chi connectivity index (χ2v) is 5.60. The van der Waals surface area contributed by atoms with Crippen molar-refractivity contribution < 1.29 is 19.0 Å². The summed E-state index contributed by atoms with van der Waals surface area (Å²) in [7, 11) is 1.34. The summed E-state index contributed by atoms with van der Waals surface area (Å²) in [5.41, 5.74) is 6.76. The van der Waals surface area contributed by atoms with E-state index >= 15 is 0 Å². The van der Waals surface area contributed by atoms with E-state index < -0.39 is 12.0 Å². The molecule has 1 aromatic carbocycles. The van der Waals surface area contributed by atoms with Crippen LogP contribution in [0.4, 0.5) is 0 Å². The van der Waals surface area contributed by atoms with Gasteiger partial charge in [0.1, 0.15) is 11.8 Å². The van der Waals surface area contributed by atoms with Crippen LogP contribution in [0.15, 0.2) is 24.3 Å². The van der Waals surface area contributed by atoms with Crippen LogP contribution >= 0.6 is 0 Å². The van der Waals surface area contributed by atoms with Crippen molar-refractivity contribution >= 4 is 5.97 Å². The lowest BCUT2D eigenvalue weighted by molar-refractivity contribution is -0.142. The number of nitrogens with two attached hydrogens (primary N) is 1. The van der Waals surface area contributed by atoms with Crippen LogP contribution in [0.3, 0.4) is 0 Å². The SMILES string of the molecule is COC(=O)C(N)Cc1ccccc1OCCCN1CCOCC1. The molecule has 1 atom stereocenters. The molecule has 6 nitrogen and oxygen atoms in total. The topological polar surface area (TPSA) is 74.0 Å². The lowest BCUT2D eigenvalue weighted by atomic mass is 10.1. The van der Waals surface area contributed by atoms with Crippen molar-refractivity contribution in [1.82, 2.24) is 4.90 Å². The van der Waals surface area contributed by atoms with E-state index in [-0.39, 0.29) is 0 Å². The van der Waals surface area contributed by atoms with Crippen LogP contribution in [0.5, 0.6) is 5.75 Å². The Morgan fingerprint density at radius 3 is 2.83 bits per heavy atom. The Hall–Kier alpha value is -1.63. The van der Waals surface area contributed by atoms with Crippen molar-refractivity contribution in [3.8, 4) is 5.75 Å². The van der Waals surface area contributed by atoms with Crippen molar-refractivity contribution in [1.29, 1.82) is 0 Å². The fourth-order valence-corrected chi connectivity index (χ4v) is 2.58. The number of carbonyl (C=O) groups is 1. The number of ether oxygens (including phenoxy) is 3. The molecule has 0 aromatic heterocycles. The number of methoxy groups -OCH3 is 1. The summed E-state index contributed by atoms with van der Waals surface area (Å²) in [5.74, 6) is 0.376. The highest BCUT2D eigenvalue weighted by atomic mass is 16.5. The minimum absolute atomic E-state index is 0.409. The van der Waals surface area contributed by atoms with Gasteiger partial charge in [0.25, 0.3) is 0 Å². The molecule has 1 aliphatic rings. The van der Waals surface area contributed by atoms with Crippen molar-refractivity contribution in [2.45, 2.75) is 18.9 Å². The Balaban J connectivity index is 1.79. The summed E-state index contributed by atoms with van der Waals surface area (Å²) in [5, 5.41) is 0. The van der Waals surface area contributed by atoms with Gasteiger partial charge in [-0.25, -0.2) is 0 Å². The summed E-state index contributed by atoms with van der Waals surface area (Å²) in [6, 6.07) is 7.01. The number of morpholine rings is 1. The third kappa shape index (κ3) is 5.82. The van der Waals surface area contributed by atoms with Crippen molar-refractivity contribution in [3.63, 3.8) is 0 Å². The van der Waals surface area contributed by atoms with Crippen LogP contribution in [0.2, 0.25) is 0 Å². The molecule has 1 aromatic rings. The number of esters is 1. The molecule has 1 saturated heterocycles. The van der Waals surface area contributed by atoms with E-state index in [1.54, 1.807) is 0 Å². The first-order chi connectivity index (χ1) is 11.2. The second kappa shape index (κ2) is 9.50. The molecular weight excluding hydrogens is 296 g/mol. The Kier molecular flexibility index (Phi) is 7.32. The first kappa shape index (κ1) is 17.7. The fraction of sp³-hybridized carbons (Fsp3) is 0.588. The molecule has 0 spiro atoms. The Labute approximate surface area is 137 Å². The molecule has 1 heterocycles.